The zero-order valence-electron chi connectivity index (χ0n) is 10.5. The number of nitro groups is 2. The van der Waals surface area contributed by atoms with Gasteiger partial charge >= 0.3 is 0 Å². The molecule has 2 aromatic rings. The summed E-state index contributed by atoms with van der Waals surface area (Å²) in [5.41, 5.74) is -1.23. The second-order valence-corrected chi connectivity index (χ2v) is 4.97. The quantitative estimate of drug-likeness (QED) is 0.642. The Hall–Kier alpha value is -2.58. The SMILES string of the molecule is O=[N+]([O-])c1cc(O)c(-c2c(O)cc([N+](=O)[O-])cc2Cl)c(Cl)c1. The van der Waals surface area contributed by atoms with E-state index in [2.05, 4.69) is 0 Å². The van der Waals surface area contributed by atoms with E-state index in [-0.39, 0.29) is 21.2 Å². The van der Waals surface area contributed by atoms with Crippen LogP contribution in [0.25, 0.3) is 11.1 Å². The Bertz CT molecular complexity index is 695. The molecule has 8 nitrogen and oxygen atoms in total. The molecule has 114 valence electrons. The van der Waals surface area contributed by atoms with Gasteiger partial charge in [0.25, 0.3) is 11.4 Å². The minimum Gasteiger partial charge on any atom is -0.507 e. The molecule has 0 heterocycles. The summed E-state index contributed by atoms with van der Waals surface area (Å²) in [5.74, 6) is -1.18. The highest BCUT2D eigenvalue weighted by molar-refractivity contribution is 6.37. The maximum absolute atomic E-state index is 10.7. The summed E-state index contributed by atoms with van der Waals surface area (Å²) in [6, 6.07) is 3.60. The summed E-state index contributed by atoms with van der Waals surface area (Å²) in [7, 11) is 0. The number of hydrogen-bond acceptors (Lipinski definition) is 6. The van der Waals surface area contributed by atoms with Gasteiger partial charge in [-0.15, -0.1) is 0 Å². The number of non-ortho nitro benzene ring substituents is 2. The number of aromatic hydroxyl groups is 2. The van der Waals surface area contributed by atoms with Crippen LogP contribution in [-0.4, -0.2) is 20.1 Å². The fraction of sp³-hybridized carbons (Fsp3) is 0. The van der Waals surface area contributed by atoms with Crippen LogP contribution in [0.2, 0.25) is 10.0 Å². The van der Waals surface area contributed by atoms with Gasteiger partial charge in [-0.05, 0) is 0 Å². The molecule has 0 amide bonds. The third-order valence-corrected chi connectivity index (χ3v) is 3.38. The maximum atomic E-state index is 10.7. The molecule has 0 aliphatic rings. The topological polar surface area (TPSA) is 127 Å². The van der Waals surface area contributed by atoms with E-state index in [0.29, 0.717) is 0 Å². The van der Waals surface area contributed by atoms with Gasteiger partial charge in [0.1, 0.15) is 11.5 Å². The summed E-state index contributed by atoms with van der Waals surface area (Å²) in [5, 5.41) is 40.7. The van der Waals surface area contributed by atoms with Crippen LogP contribution in [0.3, 0.4) is 0 Å². The molecule has 0 spiro atoms. The number of phenols is 2. The molecule has 0 saturated heterocycles. The lowest BCUT2D eigenvalue weighted by molar-refractivity contribution is -0.385. The molecule has 10 heteroatoms. The van der Waals surface area contributed by atoms with Crippen molar-refractivity contribution in [1.82, 2.24) is 0 Å². The smallest absolute Gasteiger partial charge is 0.274 e. The molecule has 0 fully saturated rings. The van der Waals surface area contributed by atoms with Gasteiger partial charge in [0, 0.05) is 23.3 Å². The summed E-state index contributed by atoms with van der Waals surface area (Å²) in [6.45, 7) is 0. The fourth-order valence-corrected chi connectivity index (χ4v) is 2.47. The molecule has 0 aromatic heterocycles. The summed E-state index contributed by atoms with van der Waals surface area (Å²) in [4.78, 5) is 19.9. The van der Waals surface area contributed by atoms with E-state index < -0.39 is 32.7 Å². The van der Waals surface area contributed by atoms with Crippen LogP contribution in [-0.2, 0) is 0 Å². The first kappa shape index (κ1) is 15.8. The largest absolute Gasteiger partial charge is 0.507 e. The van der Waals surface area contributed by atoms with Crippen LogP contribution in [0.1, 0.15) is 0 Å². The van der Waals surface area contributed by atoms with Crippen molar-refractivity contribution in [2.75, 3.05) is 0 Å². The molecule has 2 N–H and O–H groups in total. The van der Waals surface area contributed by atoms with Crippen molar-refractivity contribution < 1.29 is 20.1 Å². The first-order valence-corrected chi connectivity index (χ1v) is 6.32. The standard InChI is InChI=1S/C12H6Cl2N2O6/c13-7-1-5(15(19)20)3-9(17)11(7)12-8(14)2-6(16(21)22)4-10(12)18/h1-4,17-18H. The van der Waals surface area contributed by atoms with Crippen molar-refractivity contribution in [3.8, 4) is 22.6 Å². The van der Waals surface area contributed by atoms with E-state index in [1.54, 1.807) is 0 Å². The molecule has 0 bridgehead atoms. The van der Waals surface area contributed by atoms with Gasteiger partial charge in [-0.3, -0.25) is 20.2 Å². The maximum Gasteiger partial charge on any atom is 0.274 e. The average Bonchev–Trinajstić information content (AvgIpc) is 2.40. The first-order valence-electron chi connectivity index (χ1n) is 5.56. The Morgan fingerprint density at radius 1 is 0.773 bits per heavy atom. The van der Waals surface area contributed by atoms with Crippen LogP contribution < -0.4 is 0 Å². The van der Waals surface area contributed by atoms with Gasteiger partial charge in [0.05, 0.1) is 32.0 Å². The zero-order valence-corrected chi connectivity index (χ0v) is 12.0. The minimum absolute atomic E-state index is 0.162. The molecule has 0 aliphatic heterocycles. The second-order valence-electron chi connectivity index (χ2n) is 4.16. The second kappa shape index (κ2) is 5.66. The highest BCUT2D eigenvalue weighted by Gasteiger charge is 2.23. The van der Waals surface area contributed by atoms with Gasteiger partial charge in [0.15, 0.2) is 0 Å². The predicted octanol–water partition coefficient (Wildman–Crippen LogP) is 3.89. The summed E-state index contributed by atoms with van der Waals surface area (Å²) >= 11 is 11.8. The lowest BCUT2D eigenvalue weighted by Crippen LogP contribution is -1.92. The normalized spacial score (nSPS) is 10.5. The summed E-state index contributed by atoms with van der Waals surface area (Å²) in [6.07, 6.45) is 0. The van der Waals surface area contributed by atoms with Gasteiger partial charge in [-0.2, -0.15) is 0 Å². The minimum atomic E-state index is -0.757. The molecular weight excluding hydrogens is 339 g/mol. The number of hydrogen-bond donors (Lipinski definition) is 2. The number of nitro benzene ring substituents is 2. The van der Waals surface area contributed by atoms with Crippen molar-refractivity contribution >= 4 is 34.6 Å². The molecule has 2 aromatic carbocycles. The molecule has 0 atom stereocenters. The summed E-state index contributed by atoms with van der Waals surface area (Å²) < 4.78 is 0. The van der Waals surface area contributed by atoms with Gasteiger partial charge in [-0.25, -0.2) is 0 Å². The molecule has 0 saturated carbocycles. The number of nitrogens with zero attached hydrogens (tertiary/aromatic N) is 2. The van der Waals surface area contributed by atoms with Crippen LogP contribution >= 0.6 is 23.2 Å². The molecule has 0 radical (unpaired) electrons. The molecule has 0 unspecified atom stereocenters. The van der Waals surface area contributed by atoms with E-state index >= 15 is 0 Å². The monoisotopic (exact) mass is 344 g/mol. The van der Waals surface area contributed by atoms with E-state index in [4.69, 9.17) is 23.2 Å². The molecular formula is C12H6Cl2N2O6. The van der Waals surface area contributed by atoms with Crippen molar-refractivity contribution in [3.05, 3.63) is 54.5 Å². The Labute approximate surface area is 132 Å². The highest BCUT2D eigenvalue weighted by atomic mass is 35.5. The third-order valence-electron chi connectivity index (χ3n) is 2.78. The van der Waals surface area contributed by atoms with E-state index in [0.717, 1.165) is 24.3 Å². The van der Waals surface area contributed by atoms with Crippen LogP contribution in [0.5, 0.6) is 11.5 Å². The van der Waals surface area contributed by atoms with E-state index in [1.807, 2.05) is 0 Å². The van der Waals surface area contributed by atoms with Gasteiger partial charge < -0.3 is 10.2 Å². The van der Waals surface area contributed by atoms with E-state index in [1.165, 1.54) is 0 Å². The number of benzene rings is 2. The van der Waals surface area contributed by atoms with Crippen molar-refractivity contribution in [3.63, 3.8) is 0 Å². The fourth-order valence-electron chi connectivity index (χ4n) is 1.86. The van der Waals surface area contributed by atoms with Crippen LogP contribution in [0.4, 0.5) is 11.4 Å². The Morgan fingerprint density at radius 2 is 1.09 bits per heavy atom. The van der Waals surface area contributed by atoms with Crippen LogP contribution in [0.15, 0.2) is 24.3 Å². The average molecular weight is 345 g/mol. The van der Waals surface area contributed by atoms with E-state index in [9.17, 15) is 30.4 Å². The van der Waals surface area contributed by atoms with Crippen molar-refractivity contribution in [2.24, 2.45) is 0 Å². The number of rotatable bonds is 3. The molecule has 2 rings (SSSR count). The molecule has 22 heavy (non-hydrogen) atoms. The Balaban J connectivity index is 2.72. The Kier molecular flexibility index (Phi) is 4.07. The lowest BCUT2D eigenvalue weighted by atomic mass is 10.0. The number of phenolic OH excluding ortho intramolecular Hbond substituents is 2. The molecule has 0 aliphatic carbocycles. The van der Waals surface area contributed by atoms with Crippen molar-refractivity contribution in [1.29, 1.82) is 0 Å². The predicted molar refractivity (Wildman–Crippen MR) is 78.5 cm³/mol. The third kappa shape index (κ3) is 2.74. The lowest BCUT2D eigenvalue weighted by Gasteiger charge is -2.11. The van der Waals surface area contributed by atoms with Crippen molar-refractivity contribution in [2.45, 2.75) is 0 Å². The van der Waals surface area contributed by atoms with Gasteiger partial charge in [0.2, 0.25) is 0 Å². The van der Waals surface area contributed by atoms with Crippen LogP contribution in [0, 0.1) is 20.2 Å². The number of halogens is 2. The first-order chi connectivity index (χ1) is 10.2. The highest BCUT2D eigenvalue weighted by Crippen LogP contribution is 2.47. The Morgan fingerprint density at radius 3 is 1.32 bits per heavy atom. The van der Waals surface area contributed by atoms with Gasteiger partial charge in [-0.1, -0.05) is 23.2 Å². The zero-order chi connectivity index (χ0) is 16.6.